The van der Waals surface area contributed by atoms with Gasteiger partial charge in [0.05, 0.1) is 6.04 Å². The summed E-state index contributed by atoms with van der Waals surface area (Å²) in [7, 11) is 0. The van der Waals surface area contributed by atoms with Gasteiger partial charge < -0.3 is 5.32 Å². The Labute approximate surface area is 69.4 Å². The fourth-order valence-corrected chi connectivity index (χ4v) is 0.938. The Balaban J connectivity index is 3.46. The molecule has 0 rings (SSSR count). The number of carbonyl (C=O) groups excluding carboxylic acids is 1. The number of rotatable bonds is 6. The zero-order valence-electron chi connectivity index (χ0n) is 7.81. The van der Waals surface area contributed by atoms with Gasteiger partial charge in [-0.05, 0) is 26.3 Å². The van der Waals surface area contributed by atoms with E-state index in [9.17, 15) is 4.79 Å². The van der Waals surface area contributed by atoms with E-state index in [4.69, 9.17) is 0 Å². The van der Waals surface area contributed by atoms with Crippen LogP contribution in [0.15, 0.2) is 0 Å². The third-order valence-electron chi connectivity index (χ3n) is 1.68. The van der Waals surface area contributed by atoms with Crippen molar-refractivity contribution in [3.8, 4) is 0 Å². The van der Waals surface area contributed by atoms with Gasteiger partial charge in [0.15, 0.2) is 0 Å². The summed E-state index contributed by atoms with van der Waals surface area (Å²) >= 11 is 0. The van der Waals surface area contributed by atoms with Crippen molar-refractivity contribution >= 4 is 5.78 Å². The van der Waals surface area contributed by atoms with Crippen LogP contribution in [-0.2, 0) is 4.79 Å². The Kier molecular flexibility index (Phi) is 6.13. The first-order chi connectivity index (χ1) is 5.22. The summed E-state index contributed by atoms with van der Waals surface area (Å²) < 4.78 is 0. The second kappa shape index (κ2) is 6.35. The van der Waals surface area contributed by atoms with Gasteiger partial charge in [-0.3, -0.25) is 4.79 Å². The molecule has 0 aromatic heterocycles. The lowest BCUT2D eigenvalue weighted by atomic mass is 10.1. The van der Waals surface area contributed by atoms with Gasteiger partial charge in [0, 0.05) is 6.42 Å². The van der Waals surface area contributed by atoms with Gasteiger partial charge in [-0.1, -0.05) is 13.8 Å². The second-order valence-corrected chi connectivity index (χ2v) is 2.89. The van der Waals surface area contributed by atoms with Gasteiger partial charge in [0.2, 0.25) is 0 Å². The summed E-state index contributed by atoms with van der Waals surface area (Å²) in [5.41, 5.74) is 0. The molecule has 0 aliphatic carbocycles. The van der Waals surface area contributed by atoms with Crippen LogP contribution < -0.4 is 5.32 Å². The lowest BCUT2D eigenvalue weighted by Gasteiger charge is -2.10. The molecule has 1 atom stereocenters. The van der Waals surface area contributed by atoms with Crippen LogP contribution in [0.3, 0.4) is 0 Å². The average molecular weight is 157 g/mol. The molecule has 66 valence electrons. The molecule has 0 amide bonds. The topological polar surface area (TPSA) is 29.1 Å². The Bertz CT molecular complexity index is 112. The van der Waals surface area contributed by atoms with Crippen molar-refractivity contribution in [3.63, 3.8) is 0 Å². The third-order valence-corrected chi connectivity index (χ3v) is 1.68. The molecular weight excluding hydrogens is 138 g/mol. The van der Waals surface area contributed by atoms with Crippen LogP contribution in [-0.4, -0.2) is 18.4 Å². The van der Waals surface area contributed by atoms with E-state index >= 15 is 0 Å². The Hall–Kier alpha value is -0.370. The van der Waals surface area contributed by atoms with E-state index in [1.54, 1.807) is 0 Å². The molecule has 1 unspecified atom stereocenters. The number of Topliss-reactive ketones (excluding diaryl/α,β-unsaturated/α-hetero) is 1. The van der Waals surface area contributed by atoms with Crippen LogP contribution in [0.1, 0.15) is 40.0 Å². The standard InChI is InChI=1S/C9H19NO/c1-4-6-9(11)8(3)10-7-5-2/h8,10H,4-7H2,1-3H3. The van der Waals surface area contributed by atoms with E-state index in [1.165, 1.54) is 0 Å². The number of hydrogen-bond donors (Lipinski definition) is 1. The molecule has 0 saturated carbocycles. The molecule has 0 fully saturated rings. The monoisotopic (exact) mass is 157 g/mol. The molecule has 0 aliphatic rings. The fraction of sp³-hybridized carbons (Fsp3) is 0.889. The van der Waals surface area contributed by atoms with Crippen LogP contribution in [0.5, 0.6) is 0 Å². The summed E-state index contributed by atoms with van der Waals surface area (Å²) in [6.45, 7) is 7.01. The molecule has 0 heterocycles. The van der Waals surface area contributed by atoms with Crippen LogP contribution in [0.25, 0.3) is 0 Å². The van der Waals surface area contributed by atoms with Gasteiger partial charge in [-0.2, -0.15) is 0 Å². The SMILES string of the molecule is CCCNC(C)C(=O)CCC. The predicted molar refractivity (Wildman–Crippen MR) is 47.7 cm³/mol. The van der Waals surface area contributed by atoms with Gasteiger partial charge in [0.1, 0.15) is 5.78 Å². The average Bonchev–Trinajstić information content (AvgIpc) is 2.00. The largest absolute Gasteiger partial charge is 0.308 e. The first-order valence-electron chi connectivity index (χ1n) is 4.48. The summed E-state index contributed by atoms with van der Waals surface area (Å²) in [6.07, 6.45) is 2.75. The minimum absolute atomic E-state index is 0.0508. The highest BCUT2D eigenvalue weighted by Gasteiger charge is 2.08. The van der Waals surface area contributed by atoms with Crippen molar-refractivity contribution in [2.75, 3.05) is 6.54 Å². The highest BCUT2D eigenvalue weighted by Crippen LogP contribution is 1.94. The molecule has 0 aromatic rings. The lowest BCUT2D eigenvalue weighted by molar-refractivity contribution is -0.120. The Morgan fingerprint density at radius 3 is 2.45 bits per heavy atom. The van der Waals surface area contributed by atoms with Gasteiger partial charge in [-0.15, -0.1) is 0 Å². The molecule has 0 saturated heterocycles. The van der Waals surface area contributed by atoms with E-state index in [2.05, 4.69) is 12.2 Å². The molecule has 11 heavy (non-hydrogen) atoms. The number of carbonyl (C=O) groups is 1. The Morgan fingerprint density at radius 2 is 2.00 bits per heavy atom. The van der Waals surface area contributed by atoms with Crippen LogP contribution in [0, 0.1) is 0 Å². The Morgan fingerprint density at radius 1 is 1.36 bits per heavy atom. The molecule has 2 heteroatoms. The highest BCUT2D eigenvalue weighted by atomic mass is 16.1. The maximum absolute atomic E-state index is 11.2. The highest BCUT2D eigenvalue weighted by molar-refractivity contribution is 5.83. The molecule has 0 aliphatic heterocycles. The molecule has 1 N–H and O–H groups in total. The third kappa shape index (κ3) is 4.96. The molecule has 2 nitrogen and oxygen atoms in total. The van der Waals surface area contributed by atoms with Crippen LogP contribution >= 0.6 is 0 Å². The van der Waals surface area contributed by atoms with Crippen LogP contribution in [0.4, 0.5) is 0 Å². The van der Waals surface area contributed by atoms with Crippen molar-refractivity contribution in [1.82, 2.24) is 5.32 Å². The summed E-state index contributed by atoms with van der Waals surface area (Å²) in [4.78, 5) is 11.2. The van der Waals surface area contributed by atoms with E-state index in [0.29, 0.717) is 12.2 Å². The normalized spacial score (nSPS) is 13.0. The molecule has 0 bridgehead atoms. The van der Waals surface area contributed by atoms with Crippen LogP contribution in [0.2, 0.25) is 0 Å². The predicted octanol–water partition coefficient (Wildman–Crippen LogP) is 1.74. The smallest absolute Gasteiger partial charge is 0.149 e. The van der Waals surface area contributed by atoms with E-state index in [0.717, 1.165) is 19.4 Å². The van der Waals surface area contributed by atoms with E-state index in [-0.39, 0.29) is 6.04 Å². The van der Waals surface area contributed by atoms with Crippen molar-refractivity contribution in [1.29, 1.82) is 0 Å². The summed E-state index contributed by atoms with van der Waals surface area (Å²) in [6, 6.07) is 0.0508. The number of ketones is 1. The van der Waals surface area contributed by atoms with E-state index in [1.807, 2.05) is 13.8 Å². The maximum atomic E-state index is 11.2. The zero-order chi connectivity index (χ0) is 8.69. The van der Waals surface area contributed by atoms with Crippen molar-refractivity contribution in [3.05, 3.63) is 0 Å². The van der Waals surface area contributed by atoms with Gasteiger partial charge in [0.25, 0.3) is 0 Å². The maximum Gasteiger partial charge on any atom is 0.149 e. The van der Waals surface area contributed by atoms with Crippen molar-refractivity contribution < 1.29 is 4.79 Å². The molecule has 0 radical (unpaired) electrons. The number of nitrogens with one attached hydrogen (secondary N) is 1. The first-order valence-corrected chi connectivity index (χ1v) is 4.48. The van der Waals surface area contributed by atoms with Gasteiger partial charge >= 0.3 is 0 Å². The summed E-state index contributed by atoms with van der Waals surface area (Å²) in [5.74, 6) is 0.334. The lowest BCUT2D eigenvalue weighted by Crippen LogP contribution is -2.34. The fourth-order valence-electron chi connectivity index (χ4n) is 0.938. The zero-order valence-corrected chi connectivity index (χ0v) is 7.81. The van der Waals surface area contributed by atoms with Crippen molar-refractivity contribution in [2.24, 2.45) is 0 Å². The number of hydrogen-bond acceptors (Lipinski definition) is 2. The molecule has 0 aromatic carbocycles. The molecule has 0 spiro atoms. The second-order valence-electron chi connectivity index (χ2n) is 2.89. The summed E-state index contributed by atoms with van der Waals surface area (Å²) in [5, 5.41) is 3.17. The van der Waals surface area contributed by atoms with E-state index < -0.39 is 0 Å². The quantitative estimate of drug-likeness (QED) is 0.636. The minimum Gasteiger partial charge on any atom is -0.308 e. The van der Waals surface area contributed by atoms with Gasteiger partial charge in [-0.25, -0.2) is 0 Å². The minimum atomic E-state index is 0.0508. The first kappa shape index (κ1) is 10.6. The van der Waals surface area contributed by atoms with Crippen molar-refractivity contribution in [2.45, 2.75) is 46.1 Å². The molecular formula is C9H19NO.